The molecule has 2 aromatic carbocycles. The van der Waals surface area contributed by atoms with Gasteiger partial charge in [-0.2, -0.15) is 0 Å². The van der Waals surface area contributed by atoms with Crippen LogP contribution in [0.3, 0.4) is 0 Å². The zero-order valence-electron chi connectivity index (χ0n) is 15.0. The molecule has 0 heterocycles. The molecular formula is C20H27NO3. The summed E-state index contributed by atoms with van der Waals surface area (Å²) in [6, 6.07) is 10.1. The minimum Gasteiger partial charge on any atom is -0.493 e. The Morgan fingerprint density at radius 3 is 2.29 bits per heavy atom. The fraction of sp³-hybridized carbons (Fsp3) is 0.400. The summed E-state index contributed by atoms with van der Waals surface area (Å²) < 4.78 is 17.1. The standard InChI is InChI=1S/C20H27NO3/c1-14-5-6-15(2)20(16(14)3)24-12-11-23-18-8-7-17(9-10-21)13-19(18)22-4/h5-8,13H,9-12,21H2,1-4H3. The Bertz CT molecular complexity index is 683. The number of methoxy groups -OCH3 is 1. The van der Waals surface area contributed by atoms with Crippen molar-refractivity contribution in [2.75, 3.05) is 26.9 Å². The Morgan fingerprint density at radius 1 is 0.875 bits per heavy atom. The molecule has 130 valence electrons. The van der Waals surface area contributed by atoms with Crippen molar-refractivity contribution in [3.05, 3.63) is 52.6 Å². The van der Waals surface area contributed by atoms with Crippen molar-refractivity contribution in [3.63, 3.8) is 0 Å². The molecule has 0 aromatic heterocycles. The summed E-state index contributed by atoms with van der Waals surface area (Å²) >= 11 is 0. The smallest absolute Gasteiger partial charge is 0.161 e. The van der Waals surface area contributed by atoms with Crippen LogP contribution in [-0.2, 0) is 6.42 Å². The van der Waals surface area contributed by atoms with Gasteiger partial charge in [0.1, 0.15) is 19.0 Å². The minimum atomic E-state index is 0.458. The van der Waals surface area contributed by atoms with Gasteiger partial charge in [-0.25, -0.2) is 0 Å². The Kier molecular flexibility index (Phi) is 6.50. The Hall–Kier alpha value is -2.20. The van der Waals surface area contributed by atoms with Crippen molar-refractivity contribution in [1.29, 1.82) is 0 Å². The predicted molar refractivity (Wildman–Crippen MR) is 97.4 cm³/mol. The highest BCUT2D eigenvalue weighted by atomic mass is 16.5. The molecule has 0 spiro atoms. The first-order chi connectivity index (χ1) is 11.6. The van der Waals surface area contributed by atoms with Crippen LogP contribution in [0.15, 0.2) is 30.3 Å². The fourth-order valence-electron chi connectivity index (χ4n) is 2.60. The quantitative estimate of drug-likeness (QED) is 0.752. The first kappa shape index (κ1) is 18.1. The first-order valence-corrected chi connectivity index (χ1v) is 8.26. The zero-order chi connectivity index (χ0) is 17.5. The van der Waals surface area contributed by atoms with E-state index in [1.54, 1.807) is 7.11 Å². The van der Waals surface area contributed by atoms with Crippen LogP contribution in [0.1, 0.15) is 22.3 Å². The highest BCUT2D eigenvalue weighted by Crippen LogP contribution is 2.29. The molecule has 4 nitrogen and oxygen atoms in total. The summed E-state index contributed by atoms with van der Waals surface area (Å²) in [6.07, 6.45) is 0.825. The van der Waals surface area contributed by atoms with E-state index in [2.05, 4.69) is 32.9 Å². The van der Waals surface area contributed by atoms with E-state index in [1.165, 1.54) is 11.1 Å². The molecular weight excluding hydrogens is 302 g/mol. The second-order valence-corrected chi connectivity index (χ2v) is 5.87. The summed E-state index contributed by atoms with van der Waals surface area (Å²) in [6.45, 7) is 7.79. The molecule has 0 fully saturated rings. The van der Waals surface area contributed by atoms with E-state index in [0.717, 1.165) is 34.8 Å². The molecule has 0 unspecified atom stereocenters. The third kappa shape index (κ3) is 4.42. The van der Waals surface area contributed by atoms with Crippen molar-refractivity contribution in [1.82, 2.24) is 0 Å². The van der Waals surface area contributed by atoms with Gasteiger partial charge in [-0.15, -0.1) is 0 Å². The lowest BCUT2D eigenvalue weighted by Gasteiger charge is -2.15. The summed E-state index contributed by atoms with van der Waals surface area (Å²) in [5.41, 5.74) is 10.3. The van der Waals surface area contributed by atoms with Gasteiger partial charge in [0.15, 0.2) is 11.5 Å². The molecule has 2 N–H and O–H groups in total. The lowest BCUT2D eigenvalue weighted by atomic mass is 10.1. The van der Waals surface area contributed by atoms with Crippen LogP contribution < -0.4 is 19.9 Å². The number of nitrogens with two attached hydrogens (primary N) is 1. The van der Waals surface area contributed by atoms with Crippen molar-refractivity contribution >= 4 is 0 Å². The minimum absolute atomic E-state index is 0.458. The molecule has 2 rings (SSSR count). The van der Waals surface area contributed by atoms with Gasteiger partial charge < -0.3 is 19.9 Å². The van der Waals surface area contributed by atoms with Gasteiger partial charge in [0.25, 0.3) is 0 Å². The van der Waals surface area contributed by atoms with E-state index in [4.69, 9.17) is 19.9 Å². The summed E-state index contributed by atoms with van der Waals surface area (Å²) in [5, 5.41) is 0. The van der Waals surface area contributed by atoms with Crippen molar-refractivity contribution < 1.29 is 14.2 Å². The Morgan fingerprint density at radius 2 is 1.58 bits per heavy atom. The monoisotopic (exact) mass is 329 g/mol. The third-order valence-corrected chi connectivity index (χ3v) is 4.12. The van der Waals surface area contributed by atoms with E-state index in [-0.39, 0.29) is 0 Å². The number of rotatable bonds is 8. The molecule has 0 radical (unpaired) electrons. The summed E-state index contributed by atoms with van der Waals surface area (Å²) in [5.74, 6) is 2.40. The zero-order valence-corrected chi connectivity index (χ0v) is 15.0. The van der Waals surface area contributed by atoms with E-state index < -0.39 is 0 Å². The lowest BCUT2D eigenvalue weighted by molar-refractivity contribution is 0.209. The van der Waals surface area contributed by atoms with Gasteiger partial charge in [-0.1, -0.05) is 18.2 Å². The van der Waals surface area contributed by atoms with Crippen LogP contribution in [0.25, 0.3) is 0 Å². The van der Waals surface area contributed by atoms with Crippen LogP contribution in [0.4, 0.5) is 0 Å². The average Bonchev–Trinajstić information content (AvgIpc) is 2.58. The van der Waals surface area contributed by atoms with Crippen LogP contribution >= 0.6 is 0 Å². The average molecular weight is 329 g/mol. The number of aryl methyl sites for hydroxylation is 2. The van der Waals surface area contributed by atoms with Gasteiger partial charge in [0.05, 0.1) is 7.11 Å². The van der Waals surface area contributed by atoms with E-state index in [9.17, 15) is 0 Å². The predicted octanol–water partition coefficient (Wildman–Crippen LogP) is 3.58. The fourth-order valence-corrected chi connectivity index (χ4v) is 2.60. The number of hydrogen-bond acceptors (Lipinski definition) is 4. The molecule has 0 saturated carbocycles. The maximum Gasteiger partial charge on any atom is 0.161 e. The molecule has 0 aliphatic carbocycles. The number of benzene rings is 2. The molecule has 4 heteroatoms. The molecule has 0 atom stereocenters. The third-order valence-electron chi connectivity index (χ3n) is 4.12. The van der Waals surface area contributed by atoms with E-state index >= 15 is 0 Å². The van der Waals surface area contributed by atoms with Gasteiger partial charge in [0, 0.05) is 0 Å². The van der Waals surface area contributed by atoms with E-state index in [1.807, 2.05) is 18.2 Å². The maximum absolute atomic E-state index is 5.92. The van der Waals surface area contributed by atoms with Crippen LogP contribution in [0.2, 0.25) is 0 Å². The Balaban J connectivity index is 1.94. The Labute approximate surface area is 144 Å². The SMILES string of the molecule is COc1cc(CCN)ccc1OCCOc1c(C)ccc(C)c1C. The van der Waals surface area contributed by atoms with Crippen molar-refractivity contribution in [2.24, 2.45) is 5.73 Å². The second kappa shape index (κ2) is 8.60. The normalized spacial score (nSPS) is 10.5. The molecule has 0 bridgehead atoms. The van der Waals surface area contributed by atoms with Gasteiger partial charge in [-0.05, 0) is 68.1 Å². The topological polar surface area (TPSA) is 53.7 Å². The van der Waals surface area contributed by atoms with Gasteiger partial charge in [-0.3, -0.25) is 0 Å². The molecule has 2 aromatic rings. The molecule has 0 aliphatic heterocycles. The first-order valence-electron chi connectivity index (χ1n) is 8.26. The molecule has 0 saturated heterocycles. The van der Waals surface area contributed by atoms with Gasteiger partial charge in [0.2, 0.25) is 0 Å². The largest absolute Gasteiger partial charge is 0.493 e. The molecule has 0 aliphatic rings. The molecule has 24 heavy (non-hydrogen) atoms. The highest BCUT2D eigenvalue weighted by molar-refractivity contribution is 5.45. The lowest BCUT2D eigenvalue weighted by Crippen LogP contribution is -2.11. The van der Waals surface area contributed by atoms with Crippen molar-refractivity contribution in [3.8, 4) is 17.2 Å². The van der Waals surface area contributed by atoms with Crippen molar-refractivity contribution in [2.45, 2.75) is 27.2 Å². The number of hydrogen-bond donors (Lipinski definition) is 1. The second-order valence-electron chi connectivity index (χ2n) is 5.87. The highest BCUT2D eigenvalue weighted by Gasteiger charge is 2.08. The van der Waals surface area contributed by atoms with E-state index in [0.29, 0.717) is 19.8 Å². The van der Waals surface area contributed by atoms with Crippen LogP contribution in [-0.4, -0.2) is 26.9 Å². The summed E-state index contributed by atoms with van der Waals surface area (Å²) in [7, 11) is 1.64. The summed E-state index contributed by atoms with van der Waals surface area (Å²) in [4.78, 5) is 0. The van der Waals surface area contributed by atoms with Crippen LogP contribution in [0.5, 0.6) is 17.2 Å². The molecule has 0 amide bonds. The van der Waals surface area contributed by atoms with Gasteiger partial charge >= 0.3 is 0 Å². The maximum atomic E-state index is 5.92. The number of ether oxygens (including phenoxy) is 3. The van der Waals surface area contributed by atoms with Crippen LogP contribution in [0, 0.1) is 20.8 Å².